The second-order valence-electron chi connectivity index (χ2n) is 4.82. The molecule has 0 radical (unpaired) electrons. The number of oxime groups is 1. The van der Waals surface area contributed by atoms with Crippen LogP contribution in [0.15, 0.2) is 5.16 Å². The van der Waals surface area contributed by atoms with Gasteiger partial charge in [-0.25, -0.2) is 0 Å². The minimum Gasteiger partial charge on any atom is -0.484 e. The molecule has 2 unspecified atom stereocenters. The first-order chi connectivity index (χ1) is 7.62. The molecule has 90 valence electrons. The molecule has 1 aliphatic heterocycles. The van der Waals surface area contributed by atoms with E-state index in [0.717, 1.165) is 25.0 Å². The fraction of sp³-hybridized carbons (Fsp3) is 0.833. The van der Waals surface area contributed by atoms with Crippen LogP contribution in [0.3, 0.4) is 0 Å². The molecule has 0 spiro atoms. The van der Waals surface area contributed by atoms with E-state index in [1.165, 1.54) is 0 Å². The van der Waals surface area contributed by atoms with Crippen LogP contribution in [-0.2, 0) is 9.57 Å². The van der Waals surface area contributed by atoms with Crippen molar-refractivity contribution < 1.29 is 9.57 Å². The van der Waals surface area contributed by atoms with Gasteiger partial charge in [0, 0.05) is 0 Å². The summed E-state index contributed by atoms with van der Waals surface area (Å²) >= 11 is 5.36. The van der Waals surface area contributed by atoms with Crippen molar-refractivity contribution in [2.75, 3.05) is 6.61 Å². The average molecular weight is 241 g/mol. The van der Waals surface area contributed by atoms with Gasteiger partial charge in [-0.2, -0.15) is 0 Å². The predicted octanol–water partition coefficient (Wildman–Crippen LogP) is 2.93. The maximum absolute atomic E-state index is 5.67. The van der Waals surface area contributed by atoms with E-state index in [2.05, 4.69) is 19.0 Å². The van der Waals surface area contributed by atoms with E-state index in [1.807, 2.05) is 6.92 Å². The van der Waals surface area contributed by atoms with Crippen LogP contribution in [0, 0.1) is 11.8 Å². The summed E-state index contributed by atoms with van der Waals surface area (Å²) in [6, 6.07) is 0. The first-order valence-corrected chi connectivity index (χ1v) is 6.46. The minimum absolute atomic E-state index is 0.339. The molecule has 2 rings (SSSR count). The van der Waals surface area contributed by atoms with Crippen molar-refractivity contribution in [1.29, 1.82) is 0 Å². The smallest absolute Gasteiger partial charge is 0.212 e. The summed E-state index contributed by atoms with van der Waals surface area (Å²) in [6.07, 6.45) is 3.20. The molecule has 0 aromatic heterocycles. The lowest BCUT2D eigenvalue weighted by atomic mass is 9.84. The van der Waals surface area contributed by atoms with Gasteiger partial charge in [0.2, 0.25) is 10.7 Å². The lowest BCUT2D eigenvalue weighted by molar-refractivity contribution is 0.00917. The summed E-state index contributed by atoms with van der Waals surface area (Å²) in [6.45, 7) is 6.86. The molecule has 0 saturated heterocycles. The Balaban J connectivity index is 2.21. The standard InChI is InChI=1S/C12H19NO2S/c1-4-14-11(16)12-7-5-6-9(12)10(8(2)3)13-15-12/h8-9H,4-7H2,1-3H3. The molecule has 1 heterocycles. The molecular formula is C12H19NO2S. The van der Waals surface area contributed by atoms with Crippen LogP contribution in [0.25, 0.3) is 0 Å². The summed E-state index contributed by atoms with van der Waals surface area (Å²) in [5, 5.41) is 4.84. The number of hydrogen-bond acceptors (Lipinski definition) is 4. The van der Waals surface area contributed by atoms with Crippen LogP contribution in [0.5, 0.6) is 0 Å². The van der Waals surface area contributed by atoms with E-state index >= 15 is 0 Å². The molecule has 0 N–H and O–H groups in total. The normalized spacial score (nSPS) is 32.2. The summed E-state index contributed by atoms with van der Waals surface area (Å²) in [7, 11) is 0. The number of thiocarbonyl (C=S) groups is 1. The van der Waals surface area contributed by atoms with E-state index in [0.29, 0.717) is 23.5 Å². The van der Waals surface area contributed by atoms with Gasteiger partial charge in [-0.05, 0) is 44.3 Å². The Morgan fingerprint density at radius 1 is 1.69 bits per heavy atom. The lowest BCUT2D eigenvalue weighted by Crippen LogP contribution is -2.43. The highest BCUT2D eigenvalue weighted by molar-refractivity contribution is 7.80. The third kappa shape index (κ3) is 1.63. The zero-order chi connectivity index (χ0) is 11.8. The Kier molecular flexibility index (Phi) is 3.19. The molecule has 16 heavy (non-hydrogen) atoms. The minimum atomic E-state index is -0.426. The Labute approximate surface area is 102 Å². The topological polar surface area (TPSA) is 30.8 Å². The number of nitrogens with zero attached hydrogens (tertiary/aromatic N) is 1. The molecular weight excluding hydrogens is 222 g/mol. The van der Waals surface area contributed by atoms with Crippen molar-refractivity contribution in [2.45, 2.75) is 45.6 Å². The van der Waals surface area contributed by atoms with Crippen molar-refractivity contribution in [3.8, 4) is 0 Å². The summed E-state index contributed by atoms with van der Waals surface area (Å²) in [5.41, 5.74) is 0.727. The van der Waals surface area contributed by atoms with Gasteiger partial charge in [0.25, 0.3) is 0 Å². The quantitative estimate of drug-likeness (QED) is 0.712. The van der Waals surface area contributed by atoms with E-state index in [9.17, 15) is 0 Å². The van der Waals surface area contributed by atoms with Crippen LogP contribution < -0.4 is 0 Å². The number of hydrogen-bond donors (Lipinski definition) is 0. The largest absolute Gasteiger partial charge is 0.484 e. The zero-order valence-corrected chi connectivity index (χ0v) is 11.0. The molecule has 0 amide bonds. The molecule has 2 aliphatic rings. The van der Waals surface area contributed by atoms with Gasteiger partial charge in [0.15, 0.2) is 0 Å². The molecule has 1 aliphatic carbocycles. The van der Waals surface area contributed by atoms with Crippen LogP contribution in [-0.4, -0.2) is 23.0 Å². The van der Waals surface area contributed by atoms with Gasteiger partial charge in [-0.1, -0.05) is 19.0 Å². The number of fused-ring (bicyclic) bond motifs is 1. The summed E-state index contributed by atoms with van der Waals surface area (Å²) < 4.78 is 5.49. The molecule has 3 nitrogen and oxygen atoms in total. The van der Waals surface area contributed by atoms with Gasteiger partial charge in [0.05, 0.1) is 18.2 Å². The van der Waals surface area contributed by atoms with E-state index < -0.39 is 5.60 Å². The highest BCUT2D eigenvalue weighted by Gasteiger charge is 2.56. The van der Waals surface area contributed by atoms with Gasteiger partial charge in [-0.15, -0.1) is 0 Å². The van der Waals surface area contributed by atoms with Gasteiger partial charge >= 0.3 is 0 Å². The van der Waals surface area contributed by atoms with Crippen molar-refractivity contribution in [3.63, 3.8) is 0 Å². The van der Waals surface area contributed by atoms with E-state index in [-0.39, 0.29) is 0 Å². The maximum Gasteiger partial charge on any atom is 0.212 e. The van der Waals surface area contributed by atoms with E-state index in [4.69, 9.17) is 21.8 Å². The van der Waals surface area contributed by atoms with Crippen LogP contribution in [0.1, 0.15) is 40.0 Å². The van der Waals surface area contributed by atoms with Crippen LogP contribution >= 0.6 is 12.2 Å². The van der Waals surface area contributed by atoms with Crippen LogP contribution in [0.4, 0.5) is 0 Å². The molecule has 0 aromatic carbocycles. The Morgan fingerprint density at radius 2 is 2.44 bits per heavy atom. The molecule has 4 heteroatoms. The first-order valence-electron chi connectivity index (χ1n) is 6.05. The van der Waals surface area contributed by atoms with Gasteiger partial charge in [0.1, 0.15) is 0 Å². The van der Waals surface area contributed by atoms with Crippen molar-refractivity contribution in [1.82, 2.24) is 0 Å². The van der Waals surface area contributed by atoms with Crippen molar-refractivity contribution in [3.05, 3.63) is 0 Å². The molecule has 1 saturated carbocycles. The third-order valence-corrected chi connectivity index (χ3v) is 3.95. The van der Waals surface area contributed by atoms with Crippen molar-refractivity contribution in [2.24, 2.45) is 17.0 Å². The fourth-order valence-electron chi connectivity index (χ4n) is 2.71. The van der Waals surface area contributed by atoms with Gasteiger partial charge < -0.3 is 9.57 Å². The monoisotopic (exact) mass is 241 g/mol. The SMILES string of the molecule is CCOC(=S)C12CCCC1C(C(C)C)=NO2. The Morgan fingerprint density at radius 3 is 3.06 bits per heavy atom. The molecule has 1 fully saturated rings. The molecule has 0 aromatic rings. The lowest BCUT2D eigenvalue weighted by Gasteiger charge is -2.27. The summed E-state index contributed by atoms with van der Waals surface area (Å²) in [4.78, 5) is 5.67. The second-order valence-corrected chi connectivity index (χ2v) is 5.19. The van der Waals surface area contributed by atoms with Crippen molar-refractivity contribution >= 4 is 23.0 Å². The number of rotatable bonds is 3. The average Bonchev–Trinajstić information content (AvgIpc) is 2.74. The maximum atomic E-state index is 5.67. The third-order valence-electron chi connectivity index (χ3n) is 3.49. The summed E-state index contributed by atoms with van der Waals surface area (Å²) in [5.74, 6) is 0.765. The highest BCUT2D eigenvalue weighted by Crippen LogP contribution is 2.46. The Hall–Kier alpha value is -0.640. The predicted molar refractivity (Wildman–Crippen MR) is 67.7 cm³/mol. The zero-order valence-electron chi connectivity index (χ0n) is 10.2. The molecule has 2 atom stereocenters. The first kappa shape index (κ1) is 11.8. The van der Waals surface area contributed by atoms with Gasteiger partial charge in [-0.3, -0.25) is 0 Å². The Bertz CT molecular complexity index is 327. The number of ether oxygens (including phenoxy) is 1. The second kappa shape index (κ2) is 4.32. The van der Waals surface area contributed by atoms with E-state index in [1.54, 1.807) is 0 Å². The highest BCUT2D eigenvalue weighted by atomic mass is 32.1. The van der Waals surface area contributed by atoms with Crippen LogP contribution in [0.2, 0.25) is 0 Å². The fourth-order valence-corrected chi connectivity index (χ4v) is 3.11. The molecule has 0 bridgehead atoms.